The molecule has 1 aliphatic heterocycles. The van der Waals surface area contributed by atoms with Gasteiger partial charge in [-0.05, 0) is 18.6 Å². The summed E-state index contributed by atoms with van der Waals surface area (Å²) < 4.78 is 40.6. The number of anilines is 1. The van der Waals surface area contributed by atoms with Crippen molar-refractivity contribution in [3.63, 3.8) is 0 Å². The molecule has 8 heteroatoms. The maximum absolute atomic E-state index is 13.5. The van der Waals surface area contributed by atoms with Gasteiger partial charge >= 0.3 is 12.2 Å². The summed E-state index contributed by atoms with van der Waals surface area (Å²) >= 11 is 0. The van der Waals surface area contributed by atoms with Crippen LogP contribution in [0.25, 0.3) is 11.1 Å². The summed E-state index contributed by atoms with van der Waals surface area (Å²) in [6, 6.07) is 7.71. The molecule has 3 rings (SSSR count). The zero-order valence-electron chi connectivity index (χ0n) is 13.5. The lowest BCUT2D eigenvalue weighted by atomic mass is 10.0. The number of halogens is 3. The van der Waals surface area contributed by atoms with E-state index in [2.05, 4.69) is 4.98 Å². The Bertz CT molecular complexity index is 795. The molecule has 2 unspecified atom stereocenters. The molecule has 2 amide bonds. The number of carbonyl (C=O) groups excluding carboxylic acids is 1. The fourth-order valence-corrected chi connectivity index (χ4v) is 2.76. The Kier molecular flexibility index (Phi) is 4.16. The fourth-order valence-electron chi connectivity index (χ4n) is 2.76. The number of alkyl halides is 3. The lowest BCUT2D eigenvalue weighted by Crippen LogP contribution is -2.36. The summed E-state index contributed by atoms with van der Waals surface area (Å²) in [4.78, 5) is 18.3. The van der Waals surface area contributed by atoms with E-state index in [0.29, 0.717) is 5.56 Å². The van der Waals surface area contributed by atoms with E-state index >= 15 is 0 Å². The molecule has 0 bridgehead atoms. The van der Waals surface area contributed by atoms with Gasteiger partial charge in [0.05, 0.1) is 11.6 Å². The minimum atomic E-state index is -4.63. The molecule has 0 aliphatic carbocycles. The van der Waals surface area contributed by atoms with Crippen LogP contribution in [0.5, 0.6) is 0 Å². The molecule has 1 aromatic carbocycles. The van der Waals surface area contributed by atoms with Crippen LogP contribution in [0.4, 0.5) is 23.8 Å². The summed E-state index contributed by atoms with van der Waals surface area (Å²) in [5, 5.41) is 10.2. The number of amides is 2. The number of likely N-dealkylation sites (N-methyl/N-ethyl adjacent to an activating group) is 1. The second-order valence-electron chi connectivity index (χ2n) is 5.87. The number of rotatable bonds is 2. The Hall–Kier alpha value is -2.61. The van der Waals surface area contributed by atoms with Crippen LogP contribution in [0.1, 0.15) is 12.5 Å². The molecule has 5 nitrogen and oxygen atoms in total. The van der Waals surface area contributed by atoms with Crippen molar-refractivity contribution in [1.29, 1.82) is 0 Å². The van der Waals surface area contributed by atoms with Crippen LogP contribution in [-0.4, -0.2) is 40.3 Å². The lowest BCUT2D eigenvalue weighted by Gasteiger charge is -2.21. The first-order chi connectivity index (χ1) is 11.7. The first kappa shape index (κ1) is 17.2. The van der Waals surface area contributed by atoms with Crippen molar-refractivity contribution in [3.8, 4) is 11.1 Å². The minimum absolute atomic E-state index is 0.0839. The summed E-state index contributed by atoms with van der Waals surface area (Å²) in [7, 11) is 1.47. The van der Waals surface area contributed by atoms with Crippen molar-refractivity contribution in [1.82, 2.24) is 9.88 Å². The average molecular weight is 351 g/mol. The standard InChI is InChI=1S/C17H16F3N3O2/c1-10-15(24)23(16(25)22(10)2)14-8-13(17(18,19)20)12(9-21-14)11-6-4-3-5-7-11/h3-10,15,24H,1-2H3. The average Bonchev–Trinajstić information content (AvgIpc) is 2.78. The topological polar surface area (TPSA) is 56.7 Å². The van der Waals surface area contributed by atoms with Crippen molar-refractivity contribution >= 4 is 11.8 Å². The van der Waals surface area contributed by atoms with Gasteiger partial charge in [-0.15, -0.1) is 0 Å². The second kappa shape index (κ2) is 6.03. The molecule has 1 N–H and O–H groups in total. The van der Waals surface area contributed by atoms with E-state index in [9.17, 15) is 23.1 Å². The molecule has 132 valence electrons. The zero-order chi connectivity index (χ0) is 18.4. The number of pyridine rings is 1. The normalized spacial score (nSPS) is 21.1. The van der Waals surface area contributed by atoms with Gasteiger partial charge in [0.2, 0.25) is 0 Å². The first-order valence-electron chi connectivity index (χ1n) is 7.58. The predicted octanol–water partition coefficient (Wildman–Crippen LogP) is 3.35. The monoisotopic (exact) mass is 351 g/mol. The quantitative estimate of drug-likeness (QED) is 0.903. The van der Waals surface area contributed by atoms with Gasteiger partial charge in [0, 0.05) is 18.8 Å². The van der Waals surface area contributed by atoms with Crippen molar-refractivity contribution < 1.29 is 23.1 Å². The number of hydrogen-bond donors (Lipinski definition) is 1. The van der Waals surface area contributed by atoms with Crippen molar-refractivity contribution in [3.05, 3.63) is 48.2 Å². The molecule has 25 heavy (non-hydrogen) atoms. The summed E-state index contributed by atoms with van der Waals surface area (Å²) in [5.74, 6) is -0.235. The van der Waals surface area contributed by atoms with Gasteiger partial charge in [-0.3, -0.25) is 0 Å². The van der Waals surface area contributed by atoms with E-state index in [4.69, 9.17) is 0 Å². The van der Waals surface area contributed by atoms with Gasteiger partial charge < -0.3 is 10.0 Å². The molecule has 1 fully saturated rings. The summed E-state index contributed by atoms with van der Waals surface area (Å²) in [6.45, 7) is 1.60. The van der Waals surface area contributed by atoms with Crippen LogP contribution in [0.3, 0.4) is 0 Å². The lowest BCUT2D eigenvalue weighted by molar-refractivity contribution is -0.137. The highest BCUT2D eigenvalue weighted by molar-refractivity contribution is 5.94. The third kappa shape index (κ3) is 2.93. The van der Waals surface area contributed by atoms with Crippen LogP contribution in [0.2, 0.25) is 0 Å². The maximum atomic E-state index is 13.5. The van der Waals surface area contributed by atoms with E-state index in [1.165, 1.54) is 11.9 Å². The minimum Gasteiger partial charge on any atom is -0.371 e. The maximum Gasteiger partial charge on any atom is 0.417 e. The first-order valence-corrected chi connectivity index (χ1v) is 7.58. The predicted molar refractivity (Wildman–Crippen MR) is 85.8 cm³/mol. The van der Waals surface area contributed by atoms with E-state index in [-0.39, 0.29) is 11.4 Å². The second-order valence-corrected chi connectivity index (χ2v) is 5.87. The molecule has 0 radical (unpaired) electrons. The molecule has 1 aliphatic rings. The van der Waals surface area contributed by atoms with E-state index in [1.807, 2.05) is 0 Å². The van der Waals surface area contributed by atoms with E-state index < -0.39 is 30.0 Å². The summed E-state index contributed by atoms with van der Waals surface area (Å²) in [5.41, 5.74) is -0.627. The van der Waals surface area contributed by atoms with E-state index in [1.54, 1.807) is 37.3 Å². The molecule has 0 saturated carbocycles. The van der Waals surface area contributed by atoms with Crippen LogP contribution in [0, 0.1) is 0 Å². The van der Waals surface area contributed by atoms with Gasteiger partial charge in [-0.2, -0.15) is 13.2 Å². The summed E-state index contributed by atoms with van der Waals surface area (Å²) in [6.07, 6.45) is -4.82. The Morgan fingerprint density at radius 3 is 2.36 bits per heavy atom. The van der Waals surface area contributed by atoms with E-state index in [0.717, 1.165) is 17.2 Å². The molecule has 1 aromatic heterocycles. The van der Waals surface area contributed by atoms with Crippen LogP contribution in [0.15, 0.2) is 42.6 Å². The third-order valence-corrected chi connectivity index (χ3v) is 4.34. The highest BCUT2D eigenvalue weighted by Crippen LogP contribution is 2.39. The Morgan fingerprint density at radius 2 is 1.84 bits per heavy atom. The van der Waals surface area contributed by atoms with Gasteiger partial charge in [0.25, 0.3) is 0 Å². The number of aliphatic hydroxyl groups excluding tert-OH is 1. The largest absolute Gasteiger partial charge is 0.417 e. The number of aromatic nitrogens is 1. The third-order valence-electron chi connectivity index (χ3n) is 4.34. The number of benzene rings is 1. The highest BCUT2D eigenvalue weighted by Gasteiger charge is 2.43. The Morgan fingerprint density at radius 1 is 1.20 bits per heavy atom. The van der Waals surface area contributed by atoms with Crippen molar-refractivity contribution in [2.24, 2.45) is 0 Å². The number of nitrogens with zero attached hydrogens (tertiary/aromatic N) is 3. The molecular weight excluding hydrogens is 335 g/mol. The molecule has 0 spiro atoms. The van der Waals surface area contributed by atoms with Gasteiger partial charge in [-0.25, -0.2) is 14.7 Å². The molecule has 2 aromatic rings. The van der Waals surface area contributed by atoms with Gasteiger partial charge in [0.1, 0.15) is 5.82 Å². The molecule has 2 atom stereocenters. The fraction of sp³-hybridized carbons (Fsp3) is 0.294. The van der Waals surface area contributed by atoms with Crippen LogP contribution in [-0.2, 0) is 6.18 Å². The van der Waals surface area contributed by atoms with Gasteiger partial charge in [0.15, 0.2) is 6.23 Å². The van der Waals surface area contributed by atoms with Crippen LogP contribution < -0.4 is 4.90 Å². The zero-order valence-corrected chi connectivity index (χ0v) is 13.5. The van der Waals surface area contributed by atoms with Crippen molar-refractivity contribution in [2.45, 2.75) is 25.4 Å². The van der Waals surface area contributed by atoms with Crippen molar-refractivity contribution in [2.75, 3.05) is 11.9 Å². The number of hydrogen-bond acceptors (Lipinski definition) is 3. The highest BCUT2D eigenvalue weighted by atomic mass is 19.4. The Balaban J connectivity index is 2.12. The smallest absolute Gasteiger partial charge is 0.371 e. The SMILES string of the molecule is CC1C(O)N(c2cc(C(F)(F)F)c(-c3ccccc3)cn2)C(=O)N1C. The van der Waals surface area contributed by atoms with Crippen LogP contribution >= 0.6 is 0 Å². The molecule has 2 heterocycles. The number of aliphatic hydroxyl groups is 1. The Labute approximate surface area is 142 Å². The number of carbonyl (C=O) groups is 1. The number of urea groups is 1. The van der Waals surface area contributed by atoms with Gasteiger partial charge in [-0.1, -0.05) is 30.3 Å². The molecular formula is C17H16F3N3O2. The molecule has 1 saturated heterocycles.